The van der Waals surface area contributed by atoms with Gasteiger partial charge in [-0.1, -0.05) is 37.3 Å². The third kappa shape index (κ3) is 3.63. The molecule has 0 radical (unpaired) electrons. The number of nitrogens with one attached hydrogen (secondary N) is 1. The van der Waals surface area contributed by atoms with E-state index in [9.17, 15) is 9.59 Å². The second kappa shape index (κ2) is 7.55. The molecule has 0 spiro atoms. The predicted molar refractivity (Wildman–Crippen MR) is 72.7 cm³/mol. The van der Waals surface area contributed by atoms with Crippen LogP contribution in [-0.4, -0.2) is 25.2 Å². The quantitative estimate of drug-likeness (QED) is 0.486. The summed E-state index contributed by atoms with van der Waals surface area (Å²) in [4.78, 5) is 23.0. The Balaban J connectivity index is 3.27. The fourth-order valence-corrected chi connectivity index (χ4v) is 2.29. The number of carbonyl (C=O) groups is 2. The van der Waals surface area contributed by atoms with Crippen LogP contribution in [0.3, 0.4) is 0 Å². The summed E-state index contributed by atoms with van der Waals surface area (Å²) < 4.78 is 4.68. The van der Waals surface area contributed by atoms with Gasteiger partial charge in [-0.15, -0.1) is 11.8 Å². The Bertz CT molecular complexity index is 443. The van der Waals surface area contributed by atoms with E-state index in [1.807, 2.05) is 37.3 Å². The van der Waals surface area contributed by atoms with E-state index in [0.717, 1.165) is 11.3 Å². The highest BCUT2D eigenvalue weighted by Gasteiger charge is 2.17. The van der Waals surface area contributed by atoms with E-state index >= 15 is 0 Å². The van der Waals surface area contributed by atoms with Crippen LogP contribution in [0.25, 0.3) is 4.91 Å². The topological polar surface area (TPSA) is 55.4 Å². The Morgan fingerprint density at radius 2 is 2.06 bits per heavy atom. The van der Waals surface area contributed by atoms with Crippen LogP contribution in [0.2, 0.25) is 0 Å². The molecule has 0 saturated carbocycles. The molecular formula is C13H15NO3S. The minimum atomic E-state index is -0.554. The summed E-state index contributed by atoms with van der Waals surface area (Å²) in [5, 5.41) is 2.42. The Morgan fingerprint density at radius 1 is 1.39 bits per heavy atom. The molecule has 0 heterocycles. The average molecular weight is 265 g/mol. The van der Waals surface area contributed by atoms with Crippen LogP contribution < -0.4 is 5.32 Å². The maximum absolute atomic E-state index is 11.7. The van der Waals surface area contributed by atoms with Crippen molar-refractivity contribution in [1.29, 1.82) is 0 Å². The lowest BCUT2D eigenvalue weighted by atomic mass is 10.2. The molecule has 1 rings (SSSR count). The Hall–Kier alpha value is -1.75. The standard InChI is InChI=1S/C13H15NO3S/c1-3-18-12(10-7-5-4-6-8-10)11(14-9-15)13(16)17-2/h4-9H,3H2,1-2H3,(H,14,15)/b12-11-. The van der Waals surface area contributed by atoms with E-state index < -0.39 is 5.97 Å². The molecule has 4 nitrogen and oxygen atoms in total. The lowest BCUT2D eigenvalue weighted by Gasteiger charge is -2.12. The van der Waals surface area contributed by atoms with E-state index in [0.29, 0.717) is 11.3 Å². The number of ether oxygens (including phenoxy) is 1. The molecule has 5 heteroatoms. The maximum Gasteiger partial charge on any atom is 0.355 e. The molecule has 0 aliphatic heterocycles. The lowest BCUT2D eigenvalue weighted by Crippen LogP contribution is -2.21. The third-order valence-corrected chi connectivity index (χ3v) is 3.16. The Kier molecular flexibility index (Phi) is 6.00. The van der Waals surface area contributed by atoms with Crippen LogP contribution in [0.5, 0.6) is 0 Å². The summed E-state index contributed by atoms with van der Waals surface area (Å²) in [6.45, 7) is 1.98. The van der Waals surface area contributed by atoms with Crippen LogP contribution in [0, 0.1) is 0 Å². The lowest BCUT2D eigenvalue weighted by molar-refractivity contribution is -0.137. The zero-order chi connectivity index (χ0) is 13.4. The zero-order valence-electron chi connectivity index (χ0n) is 10.3. The summed E-state index contributed by atoms with van der Waals surface area (Å²) in [6, 6.07) is 9.41. The highest BCUT2D eigenvalue weighted by Crippen LogP contribution is 2.30. The van der Waals surface area contributed by atoms with E-state index in [1.54, 1.807) is 0 Å². The largest absolute Gasteiger partial charge is 0.464 e. The fraction of sp³-hybridized carbons (Fsp3) is 0.231. The predicted octanol–water partition coefficient (Wildman–Crippen LogP) is 2.03. The monoisotopic (exact) mass is 265 g/mol. The Labute approximate surface area is 110 Å². The average Bonchev–Trinajstić information content (AvgIpc) is 2.43. The number of thioether (sulfide) groups is 1. The van der Waals surface area contributed by atoms with Crippen molar-refractivity contribution >= 4 is 29.0 Å². The molecule has 0 bridgehead atoms. The molecule has 0 unspecified atom stereocenters. The molecule has 0 aliphatic carbocycles. The molecule has 1 N–H and O–H groups in total. The zero-order valence-corrected chi connectivity index (χ0v) is 11.1. The van der Waals surface area contributed by atoms with Gasteiger partial charge in [0, 0.05) is 4.91 Å². The van der Waals surface area contributed by atoms with E-state index in [4.69, 9.17) is 0 Å². The first-order valence-electron chi connectivity index (χ1n) is 5.45. The minimum absolute atomic E-state index is 0.172. The van der Waals surface area contributed by atoms with Gasteiger partial charge in [0.05, 0.1) is 7.11 Å². The van der Waals surface area contributed by atoms with Gasteiger partial charge in [-0.05, 0) is 11.3 Å². The van der Waals surface area contributed by atoms with Crippen LogP contribution in [0.15, 0.2) is 36.0 Å². The van der Waals surface area contributed by atoms with E-state index in [1.165, 1.54) is 18.9 Å². The molecule has 18 heavy (non-hydrogen) atoms. The number of amides is 1. The minimum Gasteiger partial charge on any atom is -0.464 e. The number of hydrogen-bond donors (Lipinski definition) is 1. The van der Waals surface area contributed by atoms with Gasteiger partial charge < -0.3 is 10.1 Å². The second-order valence-corrected chi connectivity index (χ2v) is 4.53. The van der Waals surface area contributed by atoms with Gasteiger partial charge in [-0.25, -0.2) is 4.79 Å². The van der Waals surface area contributed by atoms with Gasteiger partial charge in [-0.2, -0.15) is 0 Å². The summed E-state index contributed by atoms with van der Waals surface area (Å²) in [5.74, 6) is 0.229. The first-order valence-corrected chi connectivity index (χ1v) is 6.44. The van der Waals surface area contributed by atoms with Gasteiger partial charge >= 0.3 is 5.97 Å². The molecular weight excluding hydrogens is 250 g/mol. The van der Waals surface area contributed by atoms with Crippen LogP contribution in [-0.2, 0) is 14.3 Å². The number of carbonyl (C=O) groups excluding carboxylic acids is 2. The highest BCUT2D eigenvalue weighted by molar-refractivity contribution is 8.08. The van der Waals surface area contributed by atoms with E-state index in [2.05, 4.69) is 10.1 Å². The van der Waals surface area contributed by atoms with Gasteiger partial charge in [0.25, 0.3) is 0 Å². The summed E-state index contributed by atoms with van der Waals surface area (Å²) >= 11 is 1.48. The summed E-state index contributed by atoms with van der Waals surface area (Å²) in [5.41, 5.74) is 1.05. The molecule has 1 amide bonds. The fourth-order valence-electron chi connectivity index (χ4n) is 1.41. The number of rotatable bonds is 6. The van der Waals surface area contributed by atoms with Crippen molar-refractivity contribution in [2.75, 3.05) is 12.9 Å². The molecule has 96 valence electrons. The molecule has 1 aromatic rings. The number of methoxy groups -OCH3 is 1. The molecule has 1 aromatic carbocycles. The number of benzene rings is 1. The van der Waals surface area contributed by atoms with Crippen molar-refractivity contribution in [1.82, 2.24) is 5.32 Å². The van der Waals surface area contributed by atoms with Gasteiger partial charge in [0.1, 0.15) is 5.70 Å². The summed E-state index contributed by atoms with van der Waals surface area (Å²) in [6.07, 6.45) is 0.478. The van der Waals surface area contributed by atoms with Crippen molar-refractivity contribution in [3.8, 4) is 0 Å². The van der Waals surface area contributed by atoms with Crippen LogP contribution in [0.1, 0.15) is 12.5 Å². The first-order chi connectivity index (χ1) is 8.74. The Morgan fingerprint density at radius 3 is 2.56 bits per heavy atom. The van der Waals surface area contributed by atoms with Gasteiger partial charge in [0.15, 0.2) is 0 Å². The molecule has 0 fully saturated rings. The van der Waals surface area contributed by atoms with Crippen molar-refractivity contribution < 1.29 is 14.3 Å². The summed E-state index contributed by atoms with van der Waals surface area (Å²) in [7, 11) is 1.29. The van der Waals surface area contributed by atoms with Gasteiger partial charge in [0.2, 0.25) is 6.41 Å². The van der Waals surface area contributed by atoms with Crippen LogP contribution in [0.4, 0.5) is 0 Å². The third-order valence-electron chi connectivity index (χ3n) is 2.14. The molecule has 0 aliphatic rings. The van der Waals surface area contributed by atoms with Crippen molar-refractivity contribution in [2.24, 2.45) is 0 Å². The maximum atomic E-state index is 11.7. The molecule has 0 atom stereocenters. The van der Waals surface area contributed by atoms with Crippen molar-refractivity contribution in [3.63, 3.8) is 0 Å². The SMILES string of the molecule is CCS/C(=C(\NC=O)C(=O)OC)c1ccccc1. The first kappa shape index (κ1) is 14.3. The van der Waals surface area contributed by atoms with Crippen molar-refractivity contribution in [2.45, 2.75) is 6.92 Å². The second-order valence-electron chi connectivity index (χ2n) is 3.26. The van der Waals surface area contributed by atoms with E-state index in [-0.39, 0.29) is 5.70 Å². The molecule has 0 aromatic heterocycles. The molecule has 0 saturated heterocycles. The smallest absolute Gasteiger partial charge is 0.355 e. The van der Waals surface area contributed by atoms with Crippen molar-refractivity contribution in [3.05, 3.63) is 41.6 Å². The highest BCUT2D eigenvalue weighted by atomic mass is 32.2. The van der Waals surface area contributed by atoms with Gasteiger partial charge in [-0.3, -0.25) is 4.79 Å². The normalized spacial score (nSPS) is 11.4. The van der Waals surface area contributed by atoms with Crippen LogP contribution >= 0.6 is 11.8 Å². The number of hydrogen-bond acceptors (Lipinski definition) is 4. The number of esters is 1.